The number of rotatable bonds is 3. The lowest BCUT2D eigenvalue weighted by atomic mass is 9.84. The van der Waals surface area contributed by atoms with Crippen LogP contribution in [0.3, 0.4) is 0 Å². The monoisotopic (exact) mass is 280 g/mol. The van der Waals surface area contributed by atoms with Crippen molar-refractivity contribution in [3.05, 3.63) is 60.0 Å². The smallest absolute Gasteiger partial charge is 0.278 e. The van der Waals surface area contributed by atoms with Gasteiger partial charge in [0.05, 0.1) is 11.1 Å². The summed E-state index contributed by atoms with van der Waals surface area (Å²) in [6, 6.07) is 13.6. The molecule has 0 spiro atoms. The molecule has 106 valence electrons. The van der Waals surface area contributed by atoms with Crippen molar-refractivity contribution >= 4 is 5.69 Å². The van der Waals surface area contributed by atoms with Crippen LogP contribution in [-0.2, 0) is 5.41 Å². The Hall–Kier alpha value is -2.69. The van der Waals surface area contributed by atoms with Gasteiger partial charge in [0.1, 0.15) is 0 Å². The van der Waals surface area contributed by atoms with Gasteiger partial charge in [-0.2, -0.15) is 4.98 Å². The Morgan fingerprint density at radius 1 is 1.05 bits per heavy atom. The summed E-state index contributed by atoms with van der Waals surface area (Å²) in [5, 5.41) is 4.10. The molecule has 2 N–H and O–H groups in total. The molecule has 0 saturated heterocycles. The molecule has 2 aromatic heterocycles. The number of aromatic nitrogens is 3. The second kappa shape index (κ2) is 5.01. The van der Waals surface area contributed by atoms with Gasteiger partial charge in [0.25, 0.3) is 5.89 Å². The summed E-state index contributed by atoms with van der Waals surface area (Å²) < 4.78 is 5.34. The zero-order valence-corrected chi connectivity index (χ0v) is 11.9. The van der Waals surface area contributed by atoms with Gasteiger partial charge >= 0.3 is 0 Å². The van der Waals surface area contributed by atoms with Crippen LogP contribution >= 0.6 is 0 Å². The number of nitrogens with two attached hydrogens (primary N) is 1. The number of nitrogens with zero attached hydrogens (tertiary/aromatic N) is 3. The molecule has 0 bridgehead atoms. The number of nitrogen functional groups attached to an aromatic ring is 1. The molecule has 0 atom stereocenters. The van der Waals surface area contributed by atoms with E-state index in [1.165, 1.54) is 0 Å². The molecule has 0 unspecified atom stereocenters. The molecule has 0 saturated carbocycles. The van der Waals surface area contributed by atoms with Crippen molar-refractivity contribution in [2.24, 2.45) is 0 Å². The van der Waals surface area contributed by atoms with E-state index < -0.39 is 0 Å². The average Bonchev–Trinajstić information content (AvgIpc) is 2.99. The maximum absolute atomic E-state index is 5.89. The van der Waals surface area contributed by atoms with Gasteiger partial charge < -0.3 is 10.3 Å². The number of anilines is 1. The molecular weight excluding hydrogens is 264 g/mol. The first kappa shape index (κ1) is 13.3. The minimum atomic E-state index is -0.355. The zero-order chi connectivity index (χ0) is 14.9. The van der Waals surface area contributed by atoms with E-state index in [-0.39, 0.29) is 5.41 Å². The molecule has 0 aliphatic carbocycles. The third-order valence-electron chi connectivity index (χ3n) is 3.52. The van der Waals surface area contributed by atoms with Gasteiger partial charge in [0.15, 0.2) is 11.5 Å². The predicted molar refractivity (Wildman–Crippen MR) is 80.5 cm³/mol. The SMILES string of the molecule is CC(C)(c1ccccc1)c1noc(-c2ncccc2N)n1. The van der Waals surface area contributed by atoms with Gasteiger partial charge in [-0.25, -0.2) is 4.98 Å². The lowest BCUT2D eigenvalue weighted by Gasteiger charge is -2.20. The second-order valence-corrected chi connectivity index (χ2v) is 5.36. The van der Waals surface area contributed by atoms with Crippen LogP contribution in [0, 0.1) is 0 Å². The van der Waals surface area contributed by atoms with Crippen LogP contribution in [0.25, 0.3) is 11.6 Å². The van der Waals surface area contributed by atoms with Gasteiger partial charge in [0, 0.05) is 6.20 Å². The van der Waals surface area contributed by atoms with E-state index in [0.29, 0.717) is 23.1 Å². The summed E-state index contributed by atoms with van der Waals surface area (Å²) in [6.07, 6.45) is 1.65. The quantitative estimate of drug-likeness (QED) is 0.797. The summed E-state index contributed by atoms with van der Waals surface area (Å²) in [5.41, 5.74) is 7.69. The fraction of sp³-hybridized carbons (Fsp3) is 0.188. The van der Waals surface area contributed by atoms with Crippen molar-refractivity contribution in [2.45, 2.75) is 19.3 Å². The Bertz CT molecular complexity index is 750. The standard InChI is InChI=1S/C16H16N4O/c1-16(2,11-7-4-3-5-8-11)15-19-14(21-20-15)13-12(17)9-6-10-18-13/h3-10H,17H2,1-2H3. The first-order chi connectivity index (χ1) is 10.1. The lowest BCUT2D eigenvalue weighted by Crippen LogP contribution is -2.20. The van der Waals surface area contributed by atoms with E-state index in [4.69, 9.17) is 10.3 Å². The lowest BCUT2D eigenvalue weighted by molar-refractivity contribution is 0.407. The largest absolute Gasteiger partial charge is 0.397 e. The average molecular weight is 280 g/mol. The van der Waals surface area contributed by atoms with E-state index in [1.54, 1.807) is 18.3 Å². The molecule has 3 rings (SSSR count). The zero-order valence-electron chi connectivity index (χ0n) is 11.9. The van der Waals surface area contributed by atoms with Gasteiger partial charge in [-0.15, -0.1) is 0 Å². The van der Waals surface area contributed by atoms with Gasteiger partial charge in [-0.3, -0.25) is 0 Å². The number of benzene rings is 1. The van der Waals surface area contributed by atoms with Crippen molar-refractivity contribution in [1.82, 2.24) is 15.1 Å². The van der Waals surface area contributed by atoms with Crippen LogP contribution in [0.1, 0.15) is 25.2 Å². The van der Waals surface area contributed by atoms with Crippen LogP contribution < -0.4 is 5.73 Å². The molecule has 0 aliphatic heterocycles. The normalized spacial score (nSPS) is 11.5. The highest BCUT2D eigenvalue weighted by Crippen LogP contribution is 2.31. The summed E-state index contributed by atoms with van der Waals surface area (Å²) in [5.74, 6) is 0.945. The number of hydrogen-bond donors (Lipinski definition) is 1. The Morgan fingerprint density at radius 3 is 2.52 bits per heavy atom. The van der Waals surface area contributed by atoms with Gasteiger partial charge in [-0.1, -0.05) is 35.5 Å². The Morgan fingerprint density at radius 2 is 1.81 bits per heavy atom. The van der Waals surface area contributed by atoms with E-state index in [2.05, 4.69) is 29.0 Å². The van der Waals surface area contributed by atoms with Crippen molar-refractivity contribution < 1.29 is 4.52 Å². The van der Waals surface area contributed by atoms with Crippen molar-refractivity contribution in [1.29, 1.82) is 0 Å². The Balaban J connectivity index is 2.01. The summed E-state index contributed by atoms with van der Waals surface area (Å²) in [7, 11) is 0. The van der Waals surface area contributed by atoms with E-state index in [1.807, 2.05) is 30.3 Å². The second-order valence-electron chi connectivity index (χ2n) is 5.36. The van der Waals surface area contributed by atoms with Crippen molar-refractivity contribution in [2.75, 3.05) is 5.73 Å². The number of hydrogen-bond acceptors (Lipinski definition) is 5. The Kier molecular flexibility index (Phi) is 3.17. The maximum Gasteiger partial charge on any atom is 0.278 e. The maximum atomic E-state index is 5.89. The fourth-order valence-electron chi connectivity index (χ4n) is 2.15. The number of pyridine rings is 1. The minimum Gasteiger partial charge on any atom is -0.397 e. The van der Waals surface area contributed by atoms with Crippen LogP contribution in [0.5, 0.6) is 0 Å². The van der Waals surface area contributed by atoms with Gasteiger partial charge in [0.2, 0.25) is 0 Å². The summed E-state index contributed by atoms with van der Waals surface area (Å²) in [6.45, 7) is 4.11. The van der Waals surface area contributed by atoms with E-state index >= 15 is 0 Å². The molecule has 2 heterocycles. The molecule has 0 amide bonds. The molecule has 1 aromatic carbocycles. The molecule has 21 heavy (non-hydrogen) atoms. The van der Waals surface area contributed by atoms with Crippen LogP contribution in [-0.4, -0.2) is 15.1 Å². The summed E-state index contributed by atoms with van der Waals surface area (Å²) >= 11 is 0. The first-order valence-electron chi connectivity index (χ1n) is 6.69. The van der Waals surface area contributed by atoms with Crippen LogP contribution in [0.4, 0.5) is 5.69 Å². The van der Waals surface area contributed by atoms with E-state index in [9.17, 15) is 0 Å². The predicted octanol–water partition coefficient (Wildman–Crippen LogP) is 3.04. The first-order valence-corrected chi connectivity index (χ1v) is 6.69. The molecular formula is C16H16N4O. The molecule has 3 aromatic rings. The molecule has 5 heteroatoms. The molecule has 0 aliphatic rings. The third kappa shape index (κ3) is 2.38. The highest BCUT2D eigenvalue weighted by molar-refractivity contribution is 5.65. The molecule has 5 nitrogen and oxygen atoms in total. The third-order valence-corrected chi connectivity index (χ3v) is 3.52. The fourth-order valence-corrected chi connectivity index (χ4v) is 2.15. The minimum absolute atomic E-state index is 0.340. The molecule has 0 fully saturated rings. The van der Waals surface area contributed by atoms with Crippen LogP contribution in [0.2, 0.25) is 0 Å². The van der Waals surface area contributed by atoms with Gasteiger partial charge in [-0.05, 0) is 31.5 Å². The summed E-state index contributed by atoms with van der Waals surface area (Å²) in [4.78, 5) is 8.66. The Labute approximate surface area is 122 Å². The van der Waals surface area contributed by atoms with Crippen molar-refractivity contribution in [3.8, 4) is 11.6 Å². The van der Waals surface area contributed by atoms with Crippen LogP contribution in [0.15, 0.2) is 53.2 Å². The molecule has 0 radical (unpaired) electrons. The van der Waals surface area contributed by atoms with E-state index in [0.717, 1.165) is 5.56 Å². The highest BCUT2D eigenvalue weighted by atomic mass is 16.5. The van der Waals surface area contributed by atoms with Crippen molar-refractivity contribution in [3.63, 3.8) is 0 Å². The highest BCUT2D eigenvalue weighted by Gasteiger charge is 2.29. The topological polar surface area (TPSA) is 77.8 Å².